The number of fused-ring (bicyclic) bond motifs is 4. The number of aliphatic imine (C=N–C) groups is 1. The Labute approximate surface area is 143 Å². The van der Waals surface area contributed by atoms with Gasteiger partial charge in [-0.2, -0.15) is 10.1 Å². The van der Waals surface area contributed by atoms with Gasteiger partial charge in [0.15, 0.2) is 5.78 Å². The zero-order valence-electron chi connectivity index (χ0n) is 13.5. The van der Waals surface area contributed by atoms with Crippen LogP contribution in [-0.2, 0) is 0 Å². The van der Waals surface area contributed by atoms with Gasteiger partial charge in [0.2, 0.25) is 5.95 Å². The Bertz CT molecular complexity index is 1020. The lowest BCUT2D eigenvalue weighted by atomic mass is 9.87. The molecule has 6 heteroatoms. The molecule has 0 amide bonds. The van der Waals surface area contributed by atoms with Gasteiger partial charge >= 0.3 is 0 Å². The molecule has 3 aromatic rings. The Kier molecular flexibility index (Phi) is 2.88. The lowest BCUT2D eigenvalue weighted by Crippen LogP contribution is -2.32. The minimum atomic E-state index is -0.389. The highest BCUT2D eigenvalue weighted by Gasteiger charge is 2.46. The Balaban J connectivity index is 1.72. The van der Waals surface area contributed by atoms with Gasteiger partial charge in [-0.15, -0.1) is 0 Å². The number of ketones is 1. The molecule has 122 valence electrons. The highest BCUT2D eigenvalue weighted by atomic mass is 16.5. The molecule has 0 spiro atoms. The zero-order valence-corrected chi connectivity index (χ0v) is 13.5. The molecule has 0 N–H and O–H groups in total. The molecule has 2 aliphatic rings. The van der Waals surface area contributed by atoms with Crippen LogP contribution in [0.15, 0.2) is 59.9 Å². The van der Waals surface area contributed by atoms with Gasteiger partial charge in [0.25, 0.3) is 0 Å². The Morgan fingerprint density at radius 2 is 1.80 bits per heavy atom. The highest BCUT2D eigenvalue weighted by Crippen LogP contribution is 2.43. The number of aromatic nitrogens is 3. The molecule has 25 heavy (non-hydrogen) atoms. The van der Waals surface area contributed by atoms with Crippen LogP contribution in [0.25, 0.3) is 0 Å². The minimum Gasteiger partial charge on any atom is -0.497 e. The first-order chi connectivity index (χ1) is 12.3. The van der Waals surface area contributed by atoms with Crippen molar-refractivity contribution in [2.75, 3.05) is 7.11 Å². The molecule has 2 unspecified atom stereocenters. The summed E-state index contributed by atoms with van der Waals surface area (Å²) in [6.45, 7) is 0. The number of rotatable bonds is 2. The normalized spacial score (nSPS) is 20.5. The Hall–Kier alpha value is -3.28. The molecule has 2 heterocycles. The van der Waals surface area contributed by atoms with E-state index in [2.05, 4.69) is 15.1 Å². The smallest absolute Gasteiger partial charge is 0.248 e. The third-order valence-corrected chi connectivity index (χ3v) is 4.86. The second-order valence-corrected chi connectivity index (χ2v) is 6.11. The van der Waals surface area contributed by atoms with Crippen LogP contribution in [0.1, 0.15) is 27.5 Å². The average molecular weight is 330 g/mol. The zero-order chi connectivity index (χ0) is 17.0. The van der Waals surface area contributed by atoms with Gasteiger partial charge in [-0.25, -0.2) is 9.67 Å². The van der Waals surface area contributed by atoms with Gasteiger partial charge in [-0.3, -0.25) is 4.79 Å². The van der Waals surface area contributed by atoms with E-state index in [4.69, 9.17) is 4.74 Å². The number of ether oxygens (including phenoxy) is 1. The molecule has 5 rings (SSSR count). The maximum atomic E-state index is 13.1. The standard InChI is InChI=1S/C19H14N4O2/c1-25-12-8-6-11(7-9-12)17-15-16(22-19-20-10-21-23(17)19)13-4-2-3-5-14(13)18(15)24/h2-10,15,17H,1H3. The Morgan fingerprint density at radius 3 is 2.56 bits per heavy atom. The van der Waals surface area contributed by atoms with Crippen LogP contribution in [0, 0.1) is 5.92 Å². The average Bonchev–Trinajstić information content (AvgIpc) is 3.24. The molecule has 2 aromatic carbocycles. The van der Waals surface area contributed by atoms with Crippen LogP contribution in [-0.4, -0.2) is 33.4 Å². The largest absolute Gasteiger partial charge is 0.497 e. The summed E-state index contributed by atoms with van der Waals surface area (Å²) >= 11 is 0. The summed E-state index contributed by atoms with van der Waals surface area (Å²) in [5, 5.41) is 4.33. The fourth-order valence-corrected chi connectivity index (χ4v) is 3.71. The molecule has 0 saturated carbocycles. The molecule has 1 aliphatic heterocycles. The van der Waals surface area contributed by atoms with E-state index in [1.165, 1.54) is 6.33 Å². The van der Waals surface area contributed by atoms with E-state index in [1.807, 2.05) is 48.5 Å². The van der Waals surface area contributed by atoms with Crippen molar-refractivity contribution < 1.29 is 9.53 Å². The first kappa shape index (κ1) is 14.1. The second kappa shape index (κ2) is 5.11. The summed E-state index contributed by atoms with van der Waals surface area (Å²) in [6, 6.07) is 15.1. The summed E-state index contributed by atoms with van der Waals surface area (Å²) in [5.41, 5.74) is 3.37. The van der Waals surface area contributed by atoms with Crippen molar-refractivity contribution in [3.63, 3.8) is 0 Å². The van der Waals surface area contributed by atoms with Crippen LogP contribution in [0.4, 0.5) is 5.95 Å². The summed E-state index contributed by atoms with van der Waals surface area (Å²) in [7, 11) is 1.63. The predicted octanol–water partition coefficient (Wildman–Crippen LogP) is 2.82. The van der Waals surface area contributed by atoms with E-state index in [1.54, 1.807) is 11.8 Å². The third kappa shape index (κ3) is 1.91. The molecular formula is C19H14N4O2. The van der Waals surface area contributed by atoms with Crippen molar-refractivity contribution >= 4 is 17.4 Å². The van der Waals surface area contributed by atoms with E-state index >= 15 is 0 Å². The quantitative estimate of drug-likeness (QED) is 0.724. The van der Waals surface area contributed by atoms with Crippen LogP contribution < -0.4 is 4.74 Å². The highest BCUT2D eigenvalue weighted by molar-refractivity contribution is 6.29. The van der Waals surface area contributed by atoms with E-state index in [0.29, 0.717) is 5.95 Å². The van der Waals surface area contributed by atoms with E-state index in [9.17, 15) is 4.79 Å². The maximum absolute atomic E-state index is 13.1. The lowest BCUT2D eigenvalue weighted by Gasteiger charge is -2.27. The van der Waals surface area contributed by atoms with Crippen molar-refractivity contribution in [1.82, 2.24) is 14.8 Å². The van der Waals surface area contributed by atoms with Crippen molar-refractivity contribution in [3.8, 4) is 5.75 Å². The third-order valence-electron chi connectivity index (χ3n) is 4.86. The van der Waals surface area contributed by atoms with Crippen molar-refractivity contribution in [2.45, 2.75) is 6.04 Å². The number of carbonyl (C=O) groups excluding carboxylic acids is 1. The summed E-state index contributed by atoms with van der Waals surface area (Å²) in [4.78, 5) is 22.0. The number of hydrogen-bond donors (Lipinski definition) is 0. The van der Waals surface area contributed by atoms with Crippen LogP contribution >= 0.6 is 0 Å². The van der Waals surface area contributed by atoms with Gasteiger partial charge in [0.05, 0.1) is 24.8 Å². The van der Waals surface area contributed by atoms with Gasteiger partial charge in [-0.1, -0.05) is 36.4 Å². The van der Waals surface area contributed by atoms with Crippen LogP contribution in [0.3, 0.4) is 0 Å². The van der Waals surface area contributed by atoms with Crippen molar-refractivity contribution in [2.24, 2.45) is 10.9 Å². The number of carbonyl (C=O) groups is 1. The number of nitrogens with zero attached hydrogens (tertiary/aromatic N) is 4. The molecule has 0 fully saturated rings. The second-order valence-electron chi connectivity index (χ2n) is 6.11. The van der Waals surface area contributed by atoms with Gasteiger partial charge < -0.3 is 4.74 Å². The topological polar surface area (TPSA) is 69.4 Å². The fourth-order valence-electron chi connectivity index (χ4n) is 3.71. The van der Waals surface area contributed by atoms with Gasteiger partial charge in [0, 0.05) is 11.1 Å². The first-order valence-electron chi connectivity index (χ1n) is 8.03. The van der Waals surface area contributed by atoms with Crippen molar-refractivity contribution in [3.05, 3.63) is 71.5 Å². The molecule has 1 aromatic heterocycles. The molecule has 0 saturated heterocycles. The number of Topliss-reactive ketones (excluding diaryl/α,β-unsaturated/α-hetero) is 1. The number of methoxy groups -OCH3 is 1. The lowest BCUT2D eigenvalue weighted by molar-refractivity contribution is 0.0938. The fraction of sp³-hybridized carbons (Fsp3) is 0.158. The van der Waals surface area contributed by atoms with Gasteiger partial charge in [0.1, 0.15) is 12.1 Å². The molecule has 2 atom stereocenters. The van der Waals surface area contributed by atoms with E-state index in [0.717, 1.165) is 28.2 Å². The monoisotopic (exact) mass is 330 g/mol. The predicted molar refractivity (Wildman–Crippen MR) is 91.6 cm³/mol. The van der Waals surface area contributed by atoms with Crippen molar-refractivity contribution in [1.29, 1.82) is 0 Å². The number of benzene rings is 2. The van der Waals surface area contributed by atoms with Crippen LogP contribution in [0.2, 0.25) is 0 Å². The first-order valence-corrected chi connectivity index (χ1v) is 8.03. The van der Waals surface area contributed by atoms with Gasteiger partial charge in [-0.05, 0) is 17.7 Å². The minimum absolute atomic E-state index is 0.0799. The SMILES string of the molecule is COc1ccc(C2C3C(=O)c4ccccc4C3=Nc3ncnn32)cc1. The molecule has 1 aliphatic carbocycles. The Morgan fingerprint density at radius 1 is 1.04 bits per heavy atom. The van der Waals surface area contributed by atoms with Crippen LogP contribution in [0.5, 0.6) is 5.75 Å². The maximum Gasteiger partial charge on any atom is 0.248 e. The summed E-state index contributed by atoms with van der Waals surface area (Å²) < 4.78 is 6.98. The summed E-state index contributed by atoms with van der Waals surface area (Å²) in [6.07, 6.45) is 1.48. The molecule has 0 bridgehead atoms. The molecular weight excluding hydrogens is 316 g/mol. The van der Waals surface area contributed by atoms with E-state index in [-0.39, 0.29) is 17.7 Å². The summed E-state index contributed by atoms with van der Waals surface area (Å²) in [5.74, 6) is 0.987. The van der Waals surface area contributed by atoms with E-state index < -0.39 is 0 Å². The molecule has 6 nitrogen and oxygen atoms in total. The molecule has 0 radical (unpaired) electrons. The number of hydrogen-bond acceptors (Lipinski definition) is 5.